The van der Waals surface area contributed by atoms with E-state index in [4.69, 9.17) is 4.74 Å². The Bertz CT molecular complexity index is 872. The van der Waals surface area contributed by atoms with Gasteiger partial charge < -0.3 is 4.74 Å². The standard InChI is InChI=1S/C22H24N2O2S/c1-4-5-14-26-18-12-10-17(11-13-18)15-20-21(25)24(3)22(27-20)23-19-9-7-6-8-16(19)2/h6-13,15H,4-5,14H2,1-3H3/b20-15+,23-22?. The Balaban J connectivity index is 1.75. The Morgan fingerprint density at radius 3 is 2.59 bits per heavy atom. The lowest BCUT2D eigenvalue weighted by Gasteiger charge is -2.08. The lowest BCUT2D eigenvalue weighted by molar-refractivity contribution is -0.121. The third-order valence-corrected chi connectivity index (χ3v) is 5.34. The van der Waals surface area contributed by atoms with E-state index in [0.717, 1.165) is 42.0 Å². The number of para-hydroxylation sites is 1. The molecule has 0 bridgehead atoms. The first kappa shape index (κ1) is 19.2. The summed E-state index contributed by atoms with van der Waals surface area (Å²) >= 11 is 1.40. The van der Waals surface area contributed by atoms with Crippen molar-refractivity contribution in [3.63, 3.8) is 0 Å². The van der Waals surface area contributed by atoms with Gasteiger partial charge in [0.05, 0.1) is 17.2 Å². The number of unbranched alkanes of at least 4 members (excludes halogenated alkanes) is 1. The fourth-order valence-corrected chi connectivity index (χ4v) is 3.57. The highest BCUT2D eigenvalue weighted by atomic mass is 32.2. The summed E-state index contributed by atoms with van der Waals surface area (Å²) in [5.41, 5.74) is 2.94. The van der Waals surface area contributed by atoms with E-state index in [2.05, 4.69) is 11.9 Å². The highest BCUT2D eigenvalue weighted by molar-refractivity contribution is 8.18. The molecule has 2 aromatic carbocycles. The van der Waals surface area contributed by atoms with Gasteiger partial charge in [-0.05, 0) is 60.5 Å². The Kier molecular flexibility index (Phi) is 6.35. The summed E-state index contributed by atoms with van der Waals surface area (Å²) < 4.78 is 5.68. The first-order chi connectivity index (χ1) is 13.1. The van der Waals surface area contributed by atoms with Gasteiger partial charge in [-0.2, -0.15) is 0 Å². The number of hydrogen-bond acceptors (Lipinski definition) is 4. The van der Waals surface area contributed by atoms with E-state index < -0.39 is 0 Å². The minimum atomic E-state index is -0.0318. The molecule has 2 aromatic rings. The summed E-state index contributed by atoms with van der Waals surface area (Å²) in [7, 11) is 1.76. The summed E-state index contributed by atoms with van der Waals surface area (Å²) in [4.78, 5) is 19.5. The maximum absolute atomic E-state index is 12.6. The van der Waals surface area contributed by atoms with Gasteiger partial charge in [-0.25, -0.2) is 4.99 Å². The number of aliphatic imine (C=N–C) groups is 1. The van der Waals surface area contributed by atoms with Crippen LogP contribution in [0, 0.1) is 6.92 Å². The van der Waals surface area contributed by atoms with Gasteiger partial charge in [0.25, 0.3) is 5.91 Å². The minimum absolute atomic E-state index is 0.0318. The van der Waals surface area contributed by atoms with Crippen LogP contribution < -0.4 is 4.74 Å². The van der Waals surface area contributed by atoms with Crippen LogP contribution in [0.5, 0.6) is 5.75 Å². The largest absolute Gasteiger partial charge is 0.494 e. The van der Waals surface area contributed by atoms with Crippen LogP contribution in [-0.2, 0) is 4.79 Å². The van der Waals surface area contributed by atoms with Crippen LogP contribution in [-0.4, -0.2) is 29.6 Å². The molecule has 1 fully saturated rings. The number of nitrogens with zero attached hydrogens (tertiary/aromatic N) is 2. The lowest BCUT2D eigenvalue weighted by atomic mass is 10.2. The molecule has 0 spiro atoms. The second-order valence-electron chi connectivity index (χ2n) is 6.43. The fourth-order valence-electron chi connectivity index (χ4n) is 2.59. The van der Waals surface area contributed by atoms with Crippen LogP contribution in [0.1, 0.15) is 30.9 Å². The molecule has 1 aliphatic heterocycles. The third-order valence-electron chi connectivity index (χ3n) is 4.28. The molecular weight excluding hydrogens is 356 g/mol. The average molecular weight is 381 g/mol. The molecule has 1 aliphatic rings. The molecule has 0 radical (unpaired) electrons. The van der Waals surface area contributed by atoms with Crippen LogP contribution in [0.3, 0.4) is 0 Å². The van der Waals surface area contributed by atoms with Crippen molar-refractivity contribution in [2.75, 3.05) is 13.7 Å². The fraction of sp³-hybridized carbons (Fsp3) is 0.273. The molecule has 0 N–H and O–H groups in total. The monoisotopic (exact) mass is 380 g/mol. The molecule has 0 atom stereocenters. The maximum Gasteiger partial charge on any atom is 0.266 e. The highest BCUT2D eigenvalue weighted by Gasteiger charge is 2.30. The summed E-state index contributed by atoms with van der Waals surface area (Å²) in [5.74, 6) is 0.825. The number of carbonyl (C=O) groups excluding carboxylic acids is 1. The third kappa shape index (κ3) is 4.80. The minimum Gasteiger partial charge on any atom is -0.494 e. The second-order valence-corrected chi connectivity index (χ2v) is 7.44. The predicted molar refractivity (Wildman–Crippen MR) is 113 cm³/mol. The Morgan fingerprint density at radius 1 is 1.15 bits per heavy atom. The first-order valence-corrected chi connectivity index (χ1v) is 9.95. The van der Waals surface area contributed by atoms with E-state index in [1.165, 1.54) is 11.8 Å². The molecule has 3 rings (SSSR count). The molecular formula is C22H24N2O2S. The molecule has 4 nitrogen and oxygen atoms in total. The van der Waals surface area contributed by atoms with Crippen molar-refractivity contribution in [2.45, 2.75) is 26.7 Å². The molecule has 140 valence electrons. The zero-order valence-corrected chi connectivity index (χ0v) is 16.8. The van der Waals surface area contributed by atoms with E-state index in [1.54, 1.807) is 11.9 Å². The van der Waals surface area contributed by atoms with E-state index >= 15 is 0 Å². The van der Waals surface area contributed by atoms with Gasteiger partial charge in [0.1, 0.15) is 5.75 Å². The topological polar surface area (TPSA) is 41.9 Å². The highest BCUT2D eigenvalue weighted by Crippen LogP contribution is 2.33. The van der Waals surface area contributed by atoms with Crippen molar-refractivity contribution in [2.24, 2.45) is 4.99 Å². The van der Waals surface area contributed by atoms with Crippen LogP contribution in [0.4, 0.5) is 5.69 Å². The van der Waals surface area contributed by atoms with E-state index in [-0.39, 0.29) is 5.91 Å². The Morgan fingerprint density at radius 2 is 1.89 bits per heavy atom. The molecule has 0 aliphatic carbocycles. The number of aryl methyl sites for hydroxylation is 1. The molecule has 0 unspecified atom stereocenters. The van der Waals surface area contributed by atoms with Crippen LogP contribution in [0.25, 0.3) is 6.08 Å². The quantitative estimate of drug-likeness (QED) is 0.497. The van der Waals surface area contributed by atoms with Crippen molar-refractivity contribution in [1.29, 1.82) is 0 Å². The summed E-state index contributed by atoms with van der Waals surface area (Å²) in [6, 6.07) is 15.7. The van der Waals surface area contributed by atoms with Crippen molar-refractivity contribution < 1.29 is 9.53 Å². The number of carbonyl (C=O) groups is 1. The van der Waals surface area contributed by atoms with Crippen LogP contribution in [0.15, 0.2) is 58.4 Å². The van der Waals surface area contributed by atoms with Crippen LogP contribution in [0.2, 0.25) is 0 Å². The van der Waals surface area contributed by atoms with Gasteiger partial charge in [-0.3, -0.25) is 9.69 Å². The number of amidine groups is 1. The second kappa shape index (κ2) is 8.91. The number of benzene rings is 2. The number of likely N-dealkylation sites (N-methyl/N-ethyl adjacent to an activating group) is 1. The van der Waals surface area contributed by atoms with Gasteiger partial charge in [-0.15, -0.1) is 0 Å². The average Bonchev–Trinajstić information content (AvgIpc) is 2.93. The SMILES string of the molecule is CCCCOc1ccc(/C=C2/SC(=Nc3ccccc3C)N(C)C2=O)cc1. The zero-order valence-electron chi connectivity index (χ0n) is 15.9. The lowest BCUT2D eigenvalue weighted by Crippen LogP contribution is -2.23. The first-order valence-electron chi connectivity index (χ1n) is 9.13. The van der Waals surface area contributed by atoms with Crippen molar-refractivity contribution in [3.8, 4) is 5.75 Å². The Hall–Kier alpha value is -2.53. The van der Waals surface area contributed by atoms with Gasteiger partial charge in [0.2, 0.25) is 0 Å². The van der Waals surface area contributed by atoms with Crippen molar-refractivity contribution in [1.82, 2.24) is 4.90 Å². The number of hydrogen-bond donors (Lipinski definition) is 0. The summed E-state index contributed by atoms with van der Waals surface area (Å²) in [6.45, 7) is 4.89. The number of ether oxygens (including phenoxy) is 1. The molecule has 1 amide bonds. The van der Waals surface area contributed by atoms with E-state index in [0.29, 0.717) is 10.1 Å². The number of thioether (sulfide) groups is 1. The van der Waals surface area contributed by atoms with Crippen molar-refractivity contribution in [3.05, 3.63) is 64.6 Å². The zero-order chi connectivity index (χ0) is 19.2. The van der Waals surface area contributed by atoms with Gasteiger partial charge >= 0.3 is 0 Å². The predicted octanol–water partition coefficient (Wildman–Crippen LogP) is 5.41. The molecule has 0 aromatic heterocycles. The molecule has 0 saturated carbocycles. The summed E-state index contributed by atoms with van der Waals surface area (Å²) in [6.07, 6.45) is 4.06. The summed E-state index contributed by atoms with van der Waals surface area (Å²) in [5, 5.41) is 0.695. The van der Waals surface area contributed by atoms with Crippen LogP contribution >= 0.6 is 11.8 Å². The molecule has 27 heavy (non-hydrogen) atoms. The van der Waals surface area contributed by atoms with E-state index in [1.807, 2.05) is 61.5 Å². The van der Waals surface area contributed by atoms with E-state index in [9.17, 15) is 4.79 Å². The number of rotatable bonds is 6. The van der Waals surface area contributed by atoms with Gasteiger partial charge in [0.15, 0.2) is 5.17 Å². The van der Waals surface area contributed by atoms with Gasteiger partial charge in [-0.1, -0.05) is 43.7 Å². The smallest absolute Gasteiger partial charge is 0.266 e. The molecule has 5 heteroatoms. The van der Waals surface area contributed by atoms with Gasteiger partial charge in [0, 0.05) is 7.05 Å². The normalized spacial score (nSPS) is 17.1. The molecule has 1 heterocycles. The van der Waals surface area contributed by atoms with Crippen molar-refractivity contribution >= 4 is 34.6 Å². The Labute approximate surface area is 164 Å². The maximum atomic E-state index is 12.6. The number of amides is 1. The molecule has 1 saturated heterocycles.